The molecule has 0 unspecified atom stereocenters. The van der Waals surface area contributed by atoms with Crippen LogP contribution in [-0.4, -0.2) is 17.0 Å². The van der Waals surface area contributed by atoms with Crippen molar-refractivity contribution in [2.75, 3.05) is 5.32 Å². The number of nitrogens with one attached hydrogen (secondary N) is 1. The zero-order chi connectivity index (χ0) is 14.7. The highest BCUT2D eigenvalue weighted by Gasteiger charge is 2.18. The lowest BCUT2D eigenvalue weighted by Gasteiger charge is -2.17. The van der Waals surface area contributed by atoms with Gasteiger partial charge in [0, 0.05) is 16.0 Å². The molecule has 0 aliphatic heterocycles. The molecule has 0 bridgehead atoms. The van der Waals surface area contributed by atoms with E-state index in [9.17, 15) is 4.79 Å². The summed E-state index contributed by atoms with van der Waals surface area (Å²) < 4.78 is 6.79. The van der Waals surface area contributed by atoms with Crippen LogP contribution >= 0.6 is 27.3 Å². The minimum absolute atomic E-state index is 0.207. The van der Waals surface area contributed by atoms with Gasteiger partial charge in [0.25, 0.3) is 5.91 Å². The number of anilines is 1. The Balaban J connectivity index is 2.08. The average Bonchev–Trinajstić information content (AvgIpc) is 2.86. The molecule has 106 valence electrons. The summed E-state index contributed by atoms with van der Waals surface area (Å²) in [5, 5.41) is 5.11. The zero-order valence-corrected chi connectivity index (χ0v) is 13.8. The number of carbonyl (C=O) groups is 1. The monoisotopic (exact) mass is 354 g/mol. The van der Waals surface area contributed by atoms with E-state index >= 15 is 0 Å². The van der Waals surface area contributed by atoms with Crippen LogP contribution in [0.15, 0.2) is 28.2 Å². The number of hydrogen-bond acceptors (Lipinski definition) is 4. The molecule has 0 fully saturated rings. The third kappa shape index (κ3) is 3.58. The fourth-order valence-corrected chi connectivity index (χ4v) is 3.02. The third-order valence-electron chi connectivity index (χ3n) is 2.75. The minimum atomic E-state index is -0.586. The van der Waals surface area contributed by atoms with Crippen LogP contribution < -0.4 is 10.1 Å². The summed E-state index contributed by atoms with van der Waals surface area (Å²) in [5.41, 5.74) is 1.98. The van der Waals surface area contributed by atoms with Gasteiger partial charge in [-0.25, -0.2) is 4.98 Å². The van der Waals surface area contributed by atoms with Gasteiger partial charge in [0.15, 0.2) is 11.2 Å². The number of carbonyl (C=O) groups excluding carboxylic acids is 1. The quantitative estimate of drug-likeness (QED) is 0.904. The number of nitrogens with zero attached hydrogens (tertiary/aromatic N) is 1. The summed E-state index contributed by atoms with van der Waals surface area (Å²) in [7, 11) is 0. The Kier molecular flexibility index (Phi) is 4.77. The van der Waals surface area contributed by atoms with Crippen LogP contribution in [0, 0.1) is 13.8 Å². The molecule has 0 aliphatic rings. The fourth-order valence-electron chi connectivity index (χ4n) is 1.81. The van der Waals surface area contributed by atoms with Crippen molar-refractivity contribution in [3.8, 4) is 5.75 Å². The molecule has 2 aromatic rings. The number of benzene rings is 1. The molecule has 1 atom stereocenters. The molecule has 1 aromatic heterocycles. The fraction of sp³-hybridized carbons (Fsp3) is 0.286. The first-order chi connectivity index (χ1) is 9.47. The van der Waals surface area contributed by atoms with Crippen molar-refractivity contribution in [2.24, 2.45) is 0 Å². The number of ether oxygens (including phenoxy) is 1. The van der Waals surface area contributed by atoms with E-state index in [1.165, 1.54) is 11.3 Å². The maximum Gasteiger partial charge on any atom is 0.266 e. The molecule has 1 amide bonds. The van der Waals surface area contributed by atoms with Crippen LogP contribution in [0.2, 0.25) is 0 Å². The predicted octanol–water partition coefficient (Wildman–Crippen LogP) is 3.93. The number of halogens is 1. The number of aryl methyl sites for hydroxylation is 2. The van der Waals surface area contributed by atoms with Gasteiger partial charge in [0.1, 0.15) is 5.75 Å². The highest BCUT2D eigenvalue weighted by molar-refractivity contribution is 9.10. The smallest absolute Gasteiger partial charge is 0.266 e. The number of thiazole rings is 1. The molecular formula is C14H15BrN2O2S. The Bertz CT molecular complexity index is 591. The average molecular weight is 355 g/mol. The first-order valence-corrected chi connectivity index (χ1v) is 7.78. The van der Waals surface area contributed by atoms with Gasteiger partial charge in [-0.3, -0.25) is 10.1 Å². The van der Waals surface area contributed by atoms with Gasteiger partial charge in [-0.1, -0.05) is 15.9 Å². The third-order valence-corrected chi connectivity index (χ3v) is 3.90. The van der Waals surface area contributed by atoms with Crippen molar-refractivity contribution in [3.63, 3.8) is 0 Å². The zero-order valence-electron chi connectivity index (χ0n) is 11.4. The predicted molar refractivity (Wildman–Crippen MR) is 84.4 cm³/mol. The normalized spacial score (nSPS) is 12.0. The second kappa shape index (κ2) is 6.37. The number of amides is 1. The van der Waals surface area contributed by atoms with Crippen molar-refractivity contribution < 1.29 is 9.53 Å². The van der Waals surface area contributed by atoms with Crippen molar-refractivity contribution in [1.29, 1.82) is 0 Å². The van der Waals surface area contributed by atoms with Crippen molar-refractivity contribution in [2.45, 2.75) is 26.9 Å². The van der Waals surface area contributed by atoms with E-state index < -0.39 is 6.10 Å². The van der Waals surface area contributed by atoms with E-state index in [0.717, 1.165) is 21.3 Å². The van der Waals surface area contributed by atoms with E-state index in [1.54, 1.807) is 13.1 Å². The molecule has 1 aromatic carbocycles. The summed E-state index contributed by atoms with van der Waals surface area (Å²) in [5.74, 6) is 0.539. The second-order valence-corrected chi connectivity index (χ2v) is 6.27. The topological polar surface area (TPSA) is 51.2 Å². The Morgan fingerprint density at radius 3 is 2.60 bits per heavy atom. The summed E-state index contributed by atoms with van der Waals surface area (Å²) in [6.07, 6.45) is 1.06. The van der Waals surface area contributed by atoms with Crippen LogP contribution in [0.25, 0.3) is 0 Å². The van der Waals surface area contributed by atoms with Gasteiger partial charge in [-0.15, -0.1) is 11.3 Å². The van der Waals surface area contributed by atoms with Gasteiger partial charge < -0.3 is 4.74 Å². The van der Waals surface area contributed by atoms with Crippen molar-refractivity contribution in [1.82, 2.24) is 4.98 Å². The molecule has 20 heavy (non-hydrogen) atoms. The van der Waals surface area contributed by atoms with E-state index in [4.69, 9.17) is 4.74 Å². The Labute approximate surface area is 130 Å². The van der Waals surface area contributed by atoms with Gasteiger partial charge in [-0.2, -0.15) is 0 Å². The van der Waals surface area contributed by atoms with Gasteiger partial charge >= 0.3 is 0 Å². The summed E-state index contributed by atoms with van der Waals surface area (Å²) in [6.45, 7) is 5.64. The molecule has 0 saturated carbocycles. The largest absolute Gasteiger partial charge is 0.480 e. The first kappa shape index (κ1) is 15.0. The highest BCUT2D eigenvalue weighted by atomic mass is 79.9. The van der Waals surface area contributed by atoms with Crippen molar-refractivity contribution in [3.05, 3.63) is 39.3 Å². The Morgan fingerprint density at radius 1 is 1.40 bits per heavy atom. The lowest BCUT2D eigenvalue weighted by atomic mass is 10.1. The lowest BCUT2D eigenvalue weighted by Crippen LogP contribution is -2.30. The molecular weight excluding hydrogens is 340 g/mol. The van der Waals surface area contributed by atoms with Gasteiger partial charge in [0.05, 0.1) is 0 Å². The first-order valence-electron chi connectivity index (χ1n) is 6.11. The Morgan fingerprint density at radius 2 is 2.05 bits per heavy atom. The van der Waals surface area contributed by atoms with Crippen molar-refractivity contribution >= 4 is 38.3 Å². The second-order valence-electron chi connectivity index (χ2n) is 4.46. The molecule has 0 radical (unpaired) electrons. The van der Waals surface area contributed by atoms with E-state index in [0.29, 0.717) is 5.13 Å². The summed E-state index contributed by atoms with van der Waals surface area (Å²) in [6, 6.07) is 3.93. The standard InChI is InChI=1S/C14H15BrN2O2S/c1-8-6-11(15)7-9(2)12(8)19-10(3)13(18)17-14-16-4-5-20-14/h4-7,10H,1-3H3,(H,16,17,18)/t10-/m0/s1. The Hall–Kier alpha value is -1.40. The van der Waals surface area contributed by atoms with E-state index in [1.807, 2.05) is 31.4 Å². The molecule has 4 nitrogen and oxygen atoms in total. The van der Waals surface area contributed by atoms with Crippen LogP contribution in [0.4, 0.5) is 5.13 Å². The maximum absolute atomic E-state index is 12.0. The number of hydrogen-bond donors (Lipinski definition) is 1. The van der Waals surface area contributed by atoms with Gasteiger partial charge in [-0.05, 0) is 44.0 Å². The minimum Gasteiger partial charge on any atom is -0.480 e. The molecule has 0 aliphatic carbocycles. The van der Waals surface area contributed by atoms with E-state index in [2.05, 4.69) is 26.2 Å². The molecule has 6 heteroatoms. The molecule has 2 rings (SSSR count). The summed E-state index contributed by atoms with van der Waals surface area (Å²) >= 11 is 4.82. The van der Waals surface area contributed by atoms with Gasteiger partial charge in [0.2, 0.25) is 0 Å². The number of rotatable bonds is 4. The number of aromatic nitrogens is 1. The highest BCUT2D eigenvalue weighted by Crippen LogP contribution is 2.28. The van der Waals surface area contributed by atoms with Crippen LogP contribution in [0.1, 0.15) is 18.1 Å². The lowest BCUT2D eigenvalue weighted by molar-refractivity contribution is -0.122. The molecule has 1 heterocycles. The van der Waals surface area contributed by atoms with Crippen LogP contribution in [0.3, 0.4) is 0 Å². The molecule has 0 saturated heterocycles. The van der Waals surface area contributed by atoms with Crippen LogP contribution in [-0.2, 0) is 4.79 Å². The summed E-state index contributed by atoms with van der Waals surface area (Å²) in [4.78, 5) is 16.0. The maximum atomic E-state index is 12.0. The molecule has 0 spiro atoms. The SMILES string of the molecule is Cc1cc(Br)cc(C)c1O[C@@H](C)C(=O)Nc1nccs1. The van der Waals surface area contributed by atoms with Crippen LogP contribution in [0.5, 0.6) is 5.75 Å². The van der Waals surface area contributed by atoms with E-state index in [-0.39, 0.29) is 5.91 Å². The molecule has 1 N–H and O–H groups in total.